The summed E-state index contributed by atoms with van der Waals surface area (Å²) in [6.07, 6.45) is 3.32. The summed E-state index contributed by atoms with van der Waals surface area (Å²) in [4.78, 5) is 17.6. The van der Waals surface area contributed by atoms with E-state index in [2.05, 4.69) is 10.3 Å². The first-order valence-electron chi connectivity index (χ1n) is 7.07. The quantitative estimate of drug-likeness (QED) is 0.824. The third-order valence-corrected chi connectivity index (χ3v) is 5.82. The first-order chi connectivity index (χ1) is 10.2. The van der Waals surface area contributed by atoms with Gasteiger partial charge in [0.15, 0.2) is 0 Å². The molecular formula is C15H18N2O2S2. The van der Waals surface area contributed by atoms with Crippen molar-refractivity contribution in [1.82, 2.24) is 10.3 Å². The molecule has 0 atom stereocenters. The average molecular weight is 322 g/mol. The second-order valence-corrected chi connectivity index (χ2v) is 7.35. The Morgan fingerprint density at radius 3 is 2.95 bits per heavy atom. The van der Waals surface area contributed by atoms with Gasteiger partial charge in [-0.25, -0.2) is 4.98 Å². The van der Waals surface area contributed by atoms with Gasteiger partial charge >= 0.3 is 0 Å². The maximum atomic E-state index is 12.0. The van der Waals surface area contributed by atoms with E-state index in [1.165, 1.54) is 0 Å². The fourth-order valence-corrected chi connectivity index (χ4v) is 3.98. The maximum Gasteiger partial charge on any atom is 0.226 e. The summed E-state index contributed by atoms with van der Waals surface area (Å²) in [5, 5.41) is 17.0. The number of thiophene rings is 1. The minimum Gasteiger partial charge on any atom is -0.396 e. The first-order valence-corrected chi connectivity index (χ1v) is 8.83. The predicted octanol–water partition coefficient (Wildman–Crippen LogP) is 2.69. The molecule has 1 fully saturated rings. The van der Waals surface area contributed by atoms with Gasteiger partial charge in [-0.3, -0.25) is 4.79 Å². The van der Waals surface area contributed by atoms with Crippen LogP contribution in [0.15, 0.2) is 22.9 Å². The van der Waals surface area contributed by atoms with Crippen molar-refractivity contribution in [2.45, 2.75) is 25.7 Å². The van der Waals surface area contributed by atoms with Gasteiger partial charge in [0, 0.05) is 18.5 Å². The van der Waals surface area contributed by atoms with Gasteiger partial charge in [0.05, 0.1) is 17.0 Å². The molecule has 0 unspecified atom stereocenters. The van der Waals surface area contributed by atoms with Crippen molar-refractivity contribution < 1.29 is 9.90 Å². The zero-order valence-electron chi connectivity index (χ0n) is 11.7. The van der Waals surface area contributed by atoms with Gasteiger partial charge in [-0.05, 0) is 36.1 Å². The second-order valence-electron chi connectivity index (χ2n) is 5.55. The van der Waals surface area contributed by atoms with E-state index in [1.807, 2.05) is 22.9 Å². The number of nitrogens with zero attached hydrogens (tertiary/aromatic N) is 1. The summed E-state index contributed by atoms with van der Waals surface area (Å²) in [6.45, 7) is 0.875. The summed E-state index contributed by atoms with van der Waals surface area (Å²) in [6, 6.07) is 4.04. The van der Waals surface area contributed by atoms with Crippen molar-refractivity contribution in [1.29, 1.82) is 0 Å². The fourth-order valence-electron chi connectivity index (χ4n) is 2.34. The van der Waals surface area contributed by atoms with Gasteiger partial charge < -0.3 is 10.4 Å². The molecular weight excluding hydrogens is 304 g/mol. The van der Waals surface area contributed by atoms with Crippen LogP contribution in [0.2, 0.25) is 0 Å². The van der Waals surface area contributed by atoms with Crippen molar-refractivity contribution in [3.63, 3.8) is 0 Å². The molecule has 3 rings (SSSR count). The molecule has 0 aromatic carbocycles. The Kier molecular flexibility index (Phi) is 4.37. The van der Waals surface area contributed by atoms with Gasteiger partial charge in [-0.15, -0.1) is 22.7 Å². The summed E-state index contributed by atoms with van der Waals surface area (Å²) in [7, 11) is 0. The normalized spacial score (nSPS) is 15.9. The number of carbonyl (C=O) groups excluding carboxylic acids is 1. The summed E-state index contributed by atoms with van der Waals surface area (Å²) < 4.78 is 0. The standard InChI is InChI=1S/C15H18N2O2S2/c18-6-5-15(3-4-15)10-16-13(19)8-11-9-21-14(17-11)12-2-1-7-20-12/h1-2,7,9,18H,3-6,8,10H2,(H,16,19). The molecule has 2 aromatic rings. The molecule has 1 aliphatic carbocycles. The molecule has 0 aliphatic heterocycles. The molecule has 2 aromatic heterocycles. The van der Waals surface area contributed by atoms with Crippen LogP contribution in [0.3, 0.4) is 0 Å². The van der Waals surface area contributed by atoms with Crippen LogP contribution in [0.1, 0.15) is 25.0 Å². The lowest BCUT2D eigenvalue weighted by atomic mass is 10.0. The molecule has 0 radical (unpaired) electrons. The minimum absolute atomic E-state index is 0.0160. The van der Waals surface area contributed by atoms with E-state index >= 15 is 0 Å². The van der Waals surface area contributed by atoms with Crippen LogP contribution in [-0.4, -0.2) is 29.1 Å². The van der Waals surface area contributed by atoms with Crippen molar-refractivity contribution in [3.8, 4) is 9.88 Å². The highest BCUT2D eigenvalue weighted by atomic mass is 32.1. The lowest BCUT2D eigenvalue weighted by Crippen LogP contribution is -2.31. The van der Waals surface area contributed by atoms with E-state index in [1.54, 1.807) is 22.7 Å². The number of nitrogens with one attached hydrogen (secondary N) is 1. The molecule has 2 heterocycles. The smallest absolute Gasteiger partial charge is 0.226 e. The lowest BCUT2D eigenvalue weighted by molar-refractivity contribution is -0.120. The highest BCUT2D eigenvalue weighted by Gasteiger charge is 2.41. The third kappa shape index (κ3) is 3.70. The Morgan fingerprint density at radius 1 is 1.43 bits per heavy atom. The van der Waals surface area contributed by atoms with Crippen LogP contribution < -0.4 is 5.32 Å². The van der Waals surface area contributed by atoms with Crippen molar-refractivity contribution in [2.24, 2.45) is 5.41 Å². The van der Waals surface area contributed by atoms with Gasteiger partial charge in [0.2, 0.25) is 5.91 Å². The van der Waals surface area contributed by atoms with E-state index < -0.39 is 0 Å². The van der Waals surface area contributed by atoms with Gasteiger partial charge in [-0.1, -0.05) is 6.07 Å². The summed E-state index contributed by atoms with van der Waals surface area (Å²) in [5.74, 6) is 0.0160. The third-order valence-electron chi connectivity index (χ3n) is 3.89. The summed E-state index contributed by atoms with van der Waals surface area (Å²) in [5.41, 5.74) is 0.988. The van der Waals surface area contributed by atoms with Crippen LogP contribution in [0.5, 0.6) is 0 Å². The Morgan fingerprint density at radius 2 is 2.29 bits per heavy atom. The van der Waals surface area contributed by atoms with E-state index in [0.717, 1.165) is 34.8 Å². The monoisotopic (exact) mass is 322 g/mol. The molecule has 0 spiro atoms. The van der Waals surface area contributed by atoms with Gasteiger partial charge in [-0.2, -0.15) is 0 Å². The molecule has 1 amide bonds. The Balaban J connectivity index is 1.51. The molecule has 6 heteroatoms. The van der Waals surface area contributed by atoms with Crippen LogP contribution in [0.25, 0.3) is 9.88 Å². The Hall–Kier alpha value is -1.24. The van der Waals surface area contributed by atoms with Crippen LogP contribution in [-0.2, 0) is 11.2 Å². The van der Waals surface area contributed by atoms with Crippen LogP contribution in [0, 0.1) is 5.41 Å². The number of aromatic nitrogens is 1. The van der Waals surface area contributed by atoms with Gasteiger partial charge in [0.1, 0.15) is 5.01 Å². The zero-order valence-corrected chi connectivity index (χ0v) is 13.3. The molecule has 2 N–H and O–H groups in total. The molecule has 1 saturated carbocycles. The number of amides is 1. The fraction of sp³-hybridized carbons (Fsp3) is 0.467. The predicted molar refractivity (Wildman–Crippen MR) is 85.5 cm³/mol. The number of thiazole rings is 1. The summed E-state index contributed by atoms with van der Waals surface area (Å²) >= 11 is 3.24. The zero-order chi connectivity index (χ0) is 14.7. The Bertz CT molecular complexity index is 603. The number of rotatable bonds is 7. The van der Waals surface area contributed by atoms with Crippen LogP contribution in [0.4, 0.5) is 0 Å². The number of aliphatic hydroxyl groups is 1. The largest absolute Gasteiger partial charge is 0.396 e. The molecule has 4 nitrogen and oxygen atoms in total. The topological polar surface area (TPSA) is 62.2 Å². The number of hydrogen-bond donors (Lipinski definition) is 2. The molecule has 0 bridgehead atoms. The molecule has 0 saturated heterocycles. The first kappa shape index (κ1) is 14.7. The highest BCUT2D eigenvalue weighted by molar-refractivity contribution is 7.20. The number of carbonyl (C=O) groups is 1. The molecule has 112 valence electrons. The number of aliphatic hydroxyl groups excluding tert-OH is 1. The van der Waals surface area contributed by atoms with E-state index in [-0.39, 0.29) is 17.9 Å². The van der Waals surface area contributed by atoms with Crippen LogP contribution >= 0.6 is 22.7 Å². The van der Waals surface area contributed by atoms with E-state index in [0.29, 0.717) is 13.0 Å². The maximum absolute atomic E-state index is 12.0. The highest BCUT2D eigenvalue weighted by Crippen LogP contribution is 2.47. The Labute approximate surface area is 131 Å². The van der Waals surface area contributed by atoms with Crippen molar-refractivity contribution in [3.05, 3.63) is 28.6 Å². The minimum atomic E-state index is 0.0160. The second kappa shape index (κ2) is 6.25. The van der Waals surface area contributed by atoms with E-state index in [4.69, 9.17) is 5.11 Å². The SMILES string of the molecule is O=C(Cc1csc(-c2cccs2)n1)NCC1(CCO)CC1. The lowest BCUT2D eigenvalue weighted by Gasteiger charge is -2.14. The van der Waals surface area contributed by atoms with Crippen molar-refractivity contribution in [2.75, 3.05) is 13.2 Å². The van der Waals surface area contributed by atoms with Crippen molar-refractivity contribution >= 4 is 28.6 Å². The van der Waals surface area contributed by atoms with E-state index in [9.17, 15) is 4.79 Å². The molecule has 21 heavy (non-hydrogen) atoms. The van der Waals surface area contributed by atoms with Gasteiger partial charge in [0.25, 0.3) is 0 Å². The number of hydrogen-bond acceptors (Lipinski definition) is 5. The molecule has 1 aliphatic rings. The average Bonchev–Trinajstić information content (AvgIpc) is 2.91.